The summed E-state index contributed by atoms with van der Waals surface area (Å²) in [4.78, 5) is 13.6. The third kappa shape index (κ3) is 8.05. The van der Waals surface area contributed by atoms with Crippen LogP contribution >= 0.6 is 0 Å². The molecule has 6 heteroatoms. The Bertz CT molecular complexity index is 1900. The Morgan fingerprint density at radius 3 is 2.29 bits per heavy atom. The molecule has 0 aliphatic heterocycles. The van der Waals surface area contributed by atoms with Crippen LogP contribution in [0.5, 0.6) is 0 Å². The van der Waals surface area contributed by atoms with Crippen molar-refractivity contribution in [3.05, 3.63) is 108 Å². The van der Waals surface area contributed by atoms with Crippen LogP contribution in [0.1, 0.15) is 51.4 Å². The van der Waals surface area contributed by atoms with Crippen molar-refractivity contribution in [3.63, 3.8) is 0 Å². The molecule has 0 spiro atoms. The zero-order chi connectivity index (χ0) is 31.6. The summed E-state index contributed by atoms with van der Waals surface area (Å²) in [5.74, 6) is 0.667. The summed E-state index contributed by atoms with van der Waals surface area (Å²) < 4.78 is 6.13. The summed E-state index contributed by atoms with van der Waals surface area (Å²) in [5.41, 5.74) is 9.31. The van der Waals surface area contributed by atoms with E-state index in [9.17, 15) is 0 Å². The Kier molecular flexibility index (Phi) is 10.6. The van der Waals surface area contributed by atoms with Gasteiger partial charge in [0.15, 0.2) is 0 Å². The molecule has 0 aliphatic carbocycles. The van der Waals surface area contributed by atoms with E-state index in [0.29, 0.717) is 5.92 Å². The summed E-state index contributed by atoms with van der Waals surface area (Å²) in [6.07, 6.45) is 6.97. The fourth-order valence-electron chi connectivity index (χ4n) is 5.44. The third-order valence-corrected chi connectivity index (χ3v) is 9.81. The van der Waals surface area contributed by atoms with Gasteiger partial charge in [0.2, 0.25) is 0 Å². The van der Waals surface area contributed by atoms with Gasteiger partial charge in [-0.2, -0.15) is 0 Å². The number of aryl methyl sites for hydroxylation is 1. The van der Waals surface area contributed by atoms with Crippen LogP contribution in [0.25, 0.3) is 44.5 Å². The number of hydrogen-bond acceptors (Lipinski definition) is 4. The van der Waals surface area contributed by atoms with E-state index >= 15 is 0 Å². The zero-order valence-electron chi connectivity index (χ0n) is 27.9. The zero-order valence-corrected chi connectivity index (χ0v) is 31.3. The van der Waals surface area contributed by atoms with Gasteiger partial charge in [-0.25, -0.2) is 0 Å². The van der Waals surface area contributed by atoms with E-state index in [1.54, 1.807) is 0 Å². The minimum Gasteiger partial charge on any atom is -0.500 e. The first-order valence-electron chi connectivity index (χ1n) is 15.4. The van der Waals surface area contributed by atoms with Crippen LogP contribution < -0.4 is 5.19 Å². The van der Waals surface area contributed by atoms with Gasteiger partial charge >= 0.3 is 0 Å². The second kappa shape index (κ2) is 13.9. The van der Waals surface area contributed by atoms with E-state index in [4.69, 9.17) is 4.42 Å². The standard InChI is InChI=1S/C21H19N2O.C18H24NSi.Ir/c1-13-10-19-17(12-23-13)15-6-5-7-16(20(15)24-19)18-11-14(8-9-22-18)21(2,3)4;1-14(2)11-16-12-17(15-9-7-6-8-10-15)19-13-18(16)20(3,4)5;/h5-6,8-12H,1-4H3;6-9,12-14H,11H2,1-5H3;/q2*-1;. The molecule has 1 radical (unpaired) electrons. The number of nitrogens with zero attached hydrogens (tertiary/aromatic N) is 3. The van der Waals surface area contributed by atoms with E-state index in [1.807, 2.05) is 55.7 Å². The number of rotatable bonds is 5. The predicted molar refractivity (Wildman–Crippen MR) is 187 cm³/mol. The van der Waals surface area contributed by atoms with Crippen LogP contribution in [-0.2, 0) is 31.9 Å². The van der Waals surface area contributed by atoms with Crippen LogP contribution in [0.15, 0.2) is 83.7 Å². The average molecular weight is 790 g/mol. The second-order valence-electron chi connectivity index (χ2n) is 14.1. The monoisotopic (exact) mass is 790 g/mol. The predicted octanol–water partition coefficient (Wildman–Crippen LogP) is 9.74. The molecule has 0 fully saturated rings. The molecule has 45 heavy (non-hydrogen) atoms. The quantitative estimate of drug-likeness (QED) is 0.129. The van der Waals surface area contributed by atoms with Gasteiger partial charge in [0.1, 0.15) is 5.58 Å². The molecule has 6 rings (SSSR count). The molecule has 0 bridgehead atoms. The van der Waals surface area contributed by atoms with E-state index in [-0.39, 0.29) is 25.5 Å². The molecule has 0 saturated carbocycles. The van der Waals surface area contributed by atoms with Crippen LogP contribution in [0, 0.1) is 25.0 Å². The summed E-state index contributed by atoms with van der Waals surface area (Å²) in [6, 6.07) is 27.0. The molecule has 235 valence electrons. The van der Waals surface area contributed by atoms with Crippen molar-refractivity contribution < 1.29 is 24.5 Å². The Morgan fingerprint density at radius 2 is 1.62 bits per heavy atom. The van der Waals surface area contributed by atoms with Crippen molar-refractivity contribution in [3.8, 4) is 22.5 Å². The molecule has 6 aromatic rings. The normalized spacial score (nSPS) is 11.8. The fourth-order valence-corrected chi connectivity index (χ4v) is 7.03. The Morgan fingerprint density at radius 1 is 0.844 bits per heavy atom. The van der Waals surface area contributed by atoms with Gasteiger partial charge in [-0.1, -0.05) is 82.9 Å². The van der Waals surface area contributed by atoms with Crippen molar-refractivity contribution in [2.24, 2.45) is 5.92 Å². The maximum Gasteiger partial charge on any atom is 0.124 e. The number of pyridine rings is 3. The Hall–Kier alpha value is -3.44. The van der Waals surface area contributed by atoms with Crippen molar-refractivity contribution >= 4 is 35.2 Å². The van der Waals surface area contributed by atoms with Crippen LogP contribution in [0.3, 0.4) is 0 Å². The molecule has 0 N–H and O–H groups in total. The van der Waals surface area contributed by atoms with Crippen LogP contribution in [0.2, 0.25) is 19.6 Å². The van der Waals surface area contributed by atoms with Crippen molar-refractivity contribution in [1.29, 1.82) is 0 Å². The molecule has 0 atom stereocenters. The average Bonchev–Trinajstić information content (AvgIpc) is 3.34. The molecule has 0 aliphatic rings. The van der Waals surface area contributed by atoms with E-state index in [2.05, 4.69) is 112 Å². The minimum atomic E-state index is -1.34. The largest absolute Gasteiger partial charge is 0.500 e. The van der Waals surface area contributed by atoms with Gasteiger partial charge in [-0.15, -0.1) is 54.1 Å². The number of aromatic nitrogens is 3. The van der Waals surface area contributed by atoms with Crippen molar-refractivity contribution in [2.45, 2.75) is 73.0 Å². The molecule has 0 amide bonds. The second-order valence-corrected chi connectivity index (χ2v) is 19.1. The number of hydrogen-bond donors (Lipinski definition) is 0. The maximum atomic E-state index is 6.13. The molecular weight excluding hydrogens is 747 g/mol. The van der Waals surface area contributed by atoms with Gasteiger partial charge in [0.05, 0.1) is 13.7 Å². The molecule has 2 aromatic carbocycles. The molecule has 4 nitrogen and oxygen atoms in total. The topological polar surface area (TPSA) is 51.8 Å². The SMILES string of the molecule is CC(C)Cc1cc(-c2[c-]cccc2)ncc1[Si](C)(C)C.Cc1cc2oc3c(-c4cc(C(C)(C)C)ccn4)[c-]ccc3c2cn1.[Ir]. The molecule has 4 heterocycles. The van der Waals surface area contributed by atoms with Crippen LogP contribution in [0.4, 0.5) is 0 Å². The van der Waals surface area contributed by atoms with Gasteiger partial charge in [0, 0.05) is 55.8 Å². The maximum absolute atomic E-state index is 6.13. The summed E-state index contributed by atoms with van der Waals surface area (Å²) in [7, 11) is -1.34. The van der Waals surface area contributed by atoms with Gasteiger partial charge in [0.25, 0.3) is 0 Å². The third-order valence-electron chi connectivity index (χ3n) is 7.75. The van der Waals surface area contributed by atoms with Gasteiger partial charge in [-0.05, 0) is 52.9 Å². The van der Waals surface area contributed by atoms with Crippen molar-refractivity contribution in [1.82, 2.24) is 15.0 Å². The van der Waals surface area contributed by atoms with Crippen LogP contribution in [-0.4, -0.2) is 23.0 Å². The molecular formula is C39H43IrN3OSi-2. The Balaban J connectivity index is 0.000000204. The molecule has 0 saturated heterocycles. The fraction of sp³-hybridized carbons (Fsp3) is 0.308. The first-order chi connectivity index (χ1) is 20.8. The number of fused-ring (bicyclic) bond motifs is 3. The summed E-state index contributed by atoms with van der Waals surface area (Å²) in [6.45, 7) is 20.3. The molecule has 0 unspecified atom stereocenters. The van der Waals surface area contributed by atoms with Gasteiger partial charge in [-0.3, -0.25) is 4.98 Å². The minimum absolute atomic E-state index is 0. The summed E-state index contributed by atoms with van der Waals surface area (Å²) >= 11 is 0. The summed E-state index contributed by atoms with van der Waals surface area (Å²) in [5, 5.41) is 3.57. The Labute approximate surface area is 283 Å². The van der Waals surface area contributed by atoms with E-state index in [1.165, 1.54) is 16.3 Å². The van der Waals surface area contributed by atoms with Crippen molar-refractivity contribution in [2.75, 3.05) is 0 Å². The first-order valence-corrected chi connectivity index (χ1v) is 18.9. The number of benzene rings is 2. The molecule has 4 aromatic heterocycles. The van der Waals surface area contributed by atoms with Gasteiger partial charge < -0.3 is 14.4 Å². The first kappa shape index (κ1) is 34.4. The smallest absolute Gasteiger partial charge is 0.124 e. The van der Waals surface area contributed by atoms with E-state index < -0.39 is 8.07 Å². The number of furan rings is 1. The van der Waals surface area contributed by atoms with E-state index in [0.717, 1.165) is 56.6 Å².